The van der Waals surface area contributed by atoms with E-state index in [4.69, 9.17) is 16.7 Å². The molecule has 1 aromatic heterocycles. The maximum atomic E-state index is 9.15. The minimum Gasteiger partial charge on any atom is -0.392 e. The van der Waals surface area contributed by atoms with Gasteiger partial charge in [-0.15, -0.1) is 0 Å². The Labute approximate surface area is 98.7 Å². The summed E-state index contributed by atoms with van der Waals surface area (Å²) in [7, 11) is 0. The topological polar surface area (TPSA) is 45.2 Å². The Balaban J connectivity index is 2.30. The van der Waals surface area contributed by atoms with Gasteiger partial charge in [0.1, 0.15) is 5.82 Å². The average molecular weight is 235 g/mol. The molecule has 2 aromatic rings. The van der Waals surface area contributed by atoms with E-state index in [9.17, 15) is 0 Å². The van der Waals surface area contributed by atoms with Crippen LogP contribution in [0.25, 0.3) is 0 Å². The van der Waals surface area contributed by atoms with Gasteiger partial charge in [-0.3, -0.25) is 0 Å². The van der Waals surface area contributed by atoms with Gasteiger partial charge in [-0.2, -0.15) is 0 Å². The first-order valence-corrected chi connectivity index (χ1v) is 5.25. The number of aliphatic hydroxyl groups excluding tert-OH is 1. The van der Waals surface area contributed by atoms with E-state index >= 15 is 0 Å². The van der Waals surface area contributed by atoms with Gasteiger partial charge in [-0.1, -0.05) is 29.8 Å². The lowest BCUT2D eigenvalue weighted by Gasteiger charge is -2.10. The number of para-hydroxylation sites is 1. The quantitative estimate of drug-likeness (QED) is 0.858. The van der Waals surface area contributed by atoms with E-state index in [0.717, 1.165) is 11.3 Å². The highest BCUT2D eigenvalue weighted by Crippen LogP contribution is 2.25. The third-order valence-electron chi connectivity index (χ3n) is 2.19. The van der Waals surface area contributed by atoms with Gasteiger partial charge in [-0.25, -0.2) is 4.98 Å². The van der Waals surface area contributed by atoms with Crippen LogP contribution in [0.5, 0.6) is 0 Å². The van der Waals surface area contributed by atoms with E-state index < -0.39 is 0 Å². The summed E-state index contributed by atoms with van der Waals surface area (Å²) in [6.07, 6.45) is 1.67. The number of benzene rings is 1. The summed E-state index contributed by atoms with van der Waals surface area (Å²) >= 11 is 6.02. The molecular formula is C12H11ClN2O. The zero-order valence-electron chi connectivity index (χ0n) is 8.52. The van der Waals surface area contributed by atoms with E-state index in [-0.39, 0.29) is 6.61 Å². The van der Waals surface area contributed by atoms with Crippen molar-refractivity contribution < 1.29 is 5.11 Å². The van der Waals surface area contributed by atoms with Crippen molar-refractivity contribution in [3.05, 3.63) is 53.2 Å². The lowest BCUT2D eigenvalue weighted by Crippen LogP contribution is -1.98. The molecule has 4 heteroatoms. The molecular weight excluding hydrogens is 224 g/mol. The summed E-state index contributed by atoms with van der Waals surface area (Å²) in [5, 5.41) is 12.9. The highest BCUT2D eigenvalue weighted by Gasteiger charge is 2.04. The van der Waals surface area contributed by atoms with Crippen LogP contribution < -0.4 is 5.32 Å². The molecule has 0 spiro atoms. The van der Waals surface area contributed by atoms with Crippen LogP contribution in [0.4, 0.5) is 11.5 Å². The molecule has 0 amide bonds. The number of rotatable bonds is 3. The van der Waals surface area contributed by atoms with Crippen molar-refractivity contribution in [2.45, 2.75) is 6.61 Å². The Hall–Kier alpha value is -1.58. The summed E-state index contributed by atoms with van der Waals surface area (Å²) in [6.45, 7) is -0.0549. The number of anilines is 2. The number of halogens is 1. The third kappa shape index (κ3) is 2.32. The SMILES string of the molecule is OCc1cccnc1Nc1ccccc1Cl. The summed E-state index contributed by atoms with van der Waals surface area (Å²) in [6, 6.07) is 11.0. The first-order valence-electron chi connectivity index (χ1n) is 4.87. The Kier molecular flexibility index (Phi) is 3.39. The molecule has 0 unspecified atom stereocenters. The largest absolute Gasteiger partial charge is 0.392 e. The molecule has 0 fully saturated rings. The zero-order chi connectivity index (χ0) is 11.4. The predicted molar refractivity (Wildman–Crippen MR) is 64.9 cm³/mol. The summed E-state index contributed by atoms with van der Waals surface area (Å²) in [5.74, 6) is 0.623. The molecule has 16 heavy (non-hydrogen) atoms. The molecule has 3 nitrogen and oxygen atoms in total. The number of aliphatic hydroxyl groups is 1. The average Bonchev–Trinajstić information content (AvgIpc) is 2.33. The zero-order valence-corrected chi connectivity index (χ0v) is 9.28. The van der Waals surface area contributed by atoms with E-state index in [1.54, 1.807) is 18.3 Å². The Morgan fingerprint density at radius 3 is 2.75 bits per heavy atom. The maximum Gasteiger partial charge on any atom is 0.135 e. The second kappa shape index (κ2) is 4.96. The molecule has 1 heterocycles. The highest BCUT2D eigenvalue weighted by atomic mass is 35.5. The van der Waals surface area contributed by atoms with Crippen LogP contribution in [0.2, 0.25) is 5.02 Å². The Morgan fingerprint density at radius 1 is 1.19 bits per heavy atom. The van der Waals surface area contributed by atoms with Crippen LogP contribution in [0.1, 0.15) is 5.56 Å². The molecule has 1 aromatic carbocycles. The number of nitrogens with one attached hydrogen (secondary N) is 1. The van der Waals surface area contributed by atoms with E-state index in [1.807, 2.05) is 24.3 Å². The minimum atomic E-state index is -0.0549. The van der Waals surface area contributed by atoms with Crippen molar-refractivity contribution in [3.8, 4) is 0 Å². The van der Waals surface area contributed by atoms with Crippen molar-refractivity contribution in [2.24, 2.45) is 0 Å². The number of aromatic nitrogens is 1. The van der Waals surface area contributed by atoms with Crippen molar-refractivity contribution in [1.82, 2.24) is 4.98 Å². The van der Waals surface area contributed by atoms with Gasteiger partial charge in [0.2, 0.25) is 0 Å². The smallest absolute Gasteiger partial charge is 0.135 e. The van der Waals surface area contributed by atoms with Crippen LogP contribution in [0, 0.1) is 0 Å². The summed E-state index contributed by atoms with van der Waals surface area (Å²) in [4.78, 5) is 4.16. The van der Waals surface area contributed by atoms with Gasteiger partial charge in [0.25, 0.3) is 0 Å². The molecule has 0 saturated carbocycles. The molecule has 0 aliphatic carbocycles. The number of pyridine rings is 1. The molecule has 0 bridgehead atoms. The fourth-order valence-electron chi connectivity index (χ4n) is 1.37. The molecule has 0 aliphatic heterocycles. The van der Waals surface area contributed by atoms with Crippen molar-refractivity contribution in [2.75, 3.05) is 5.32 Å². The molecule has 2 N–H and O–H groups in total. The summed E-state index contributed by atoms with van der Waals surface area (Å²) < 4.78 is 0. The lowest BCUT2D eigenvalue weighted by atomic mass is 10.2. The predicted octanol–water partition coefficient (Wildman–Crippen LogP) is 2.97. The maximum absolute atomic E-state index is 9.15. The van der Waals surface area contributed by atoms with Crippen LogP contribution in [0.15, 0.2) is 42.6 Å². The normalized spacial score (nSPS) is 10.1. The first kappa shape index (κ1) is 10.9. The molecule has 0 saturated heterocycles. The molecule has 82 valence electrons. The summed E-state index contributed by atoms with van der Waals surface area (Å²) in [5.41, 5.74) is 1.51. The fraction of sp³-hybridized carbons (Fsp3) is 0.0833. The van der Waals surface area contributed by atoms with Gasteiger partial charge >= 0.3 is 0 Å². The van der Waals surface area contributed by atoms with E-state index in [0.29, 0.717) is 10.8 Å². The van der Waals surface area contributed by atoms with Crippen molar-refractivity contribution in [1.29, 1.82) is 0 Å². The number of hydrogen-bond acceptors (Lipinski definition) is 3. The van der Waals surface area contributed by atoms with Gasteiger partial charge in [0, 0.05) is 11.8 Å². The van der Waals surface area contributed by atoms with Gasteiger partial charge < -0.3 is 10.4 Å². The van der Waals surface area contributed by atoms with Crippen LogP contribution in [0.3, 0.4) is 0 Å². The van der Waals surface area contributed by atoms with Gasteiger partial charge in [-0.05, 0) is 18.2 Å². The van der Waals surface area contributed by atoms with Crippen LogP contribution in [-0.4, -0.2) is 10.1 Å². The van der Waals surface area contributed by atoms with Crippen LogP contribution in [-0.2, 0) is 6.61 Å². The second-order valence-corrected chi connectivity index (χ2v) is 3.68. The van der Waals surface area contributed by atoms with Crippen molar-refractivity contribution in [3.63, 3.8) is 0 Å². The second-order valence-electron chi connectivity index (χ2n) is 3.27. The van der Waals surface area contributed by atoms with Gasteiger partial charge in [0.05, 0.1) is 17.3 Å². The van der Waals surface area contributed by atoms with Crippen LogP contribution >= 0.6 is 11.6 Å². The van der Waals surface area contributed by atoms with E-state index in [2.05, 4.69) is 10.3 Å². The van der Waals surface area contributed by atoms with Crippen molar-refractivity contribution >= 4 is 23.1 Å². The Bertz CT molecular complexity index is 488. The van der Waals surface area contributed by atoms with E-state index in [1.165, 1.54) is 0 Å². The monoisotopic (exact) mass is 234 g/mol. The first-order chi connectivity index (χ1) is 7.81. The standard InChI is InChI=1S/C12H11ClN2O/c13-10-5-1-2-6-11(10)15-12-9(8-16)4-3-7-14-12/h1-7,16H,8H2,(H,14,15). The molecule has 0 atom stereocenters. The highest BCUT2D eigenvalue weighted by molar-refractivity contribution is 6.33. The molecule has 0 radical (unpaired) electrons. The lowest BCUT2D eigenvalue weighted by molar-refractivity contribution is 0.282. The molecule has 0 aliphatic rings. The fourth-order valence-corrected chi connectivity index (χ4v) is 1.55. The Morgan fingerprint density at radius 2 is 2.00 bits per heavy atom. The number of nitrogens with zero attached hydrogens (tertiary/aromatic N) is 1. The number of hydrogen-bond donors (Lipinski definition) is 2. The third-order valence-corrected chi connectivity index (χ3v) is 2.52. The van der Waals surface area contributed by atoms with Gasteiger partial charge in [0.15, 0.2) is 0 Å². The molecule has 2 rings (SSSR count). The minimum absolute atomic E-state index is 0.0549.